The molecule has 5 nitrogen and oxygen atoms in total. The molecule has 0 saturated heterocycles. The van der Waals surface area contributed by atoms with Gasteiger partial charge in [-0.05, 0) is 65.9 Å². The van der Waals surface area contributed by atoms with E-state index in [2.05, 4.69) is 11.4 Å². The summed E-state index contributed by atoms with van der Waals surface area (Å²) < 4.78 is 10.7. The number of nitrogens with one attached hydrogen (secondary N) is 1. The van der Waals surface area contributed by atoms with Crippen molar-refractivity contribution in [1.29, 1.82) is 0 Å². The van der Waals surface area contributed by atoms with Crippen LogP contribution in [0.4, 0.5) is 4.79 Å². The molecule has 0 fully saturated rings. The third-order valence-corrected chi connectivity index (χ3v) is 3.88. The second-order valence-corrected chi connectivity index (χ2v) is 7.56. The van der Waals surface area contributed by atoms with Crippen molar-refractivity contribution in [3.8, 4) is 0 Å². The highest BCUT2D eigenvalue weighted by molar-refractivity contribution is 5.68. The van der Waals surface area contributed by atoms with Crippen molar-refractivity contribution in [2.24, 2.45) is 5.92 Å². The van der Waals surface area contributed by atoms with Crippen LogP contribution in [-0.4, -0.2) is 29.3 Å². The molecule has 22 heavy (non-hydrogen) atoms. The van der Waals surface area contributed by atoms with Gasteiger partial charge in [-0.25, -0.2) is 4.79 Å². The first kappa shape index (κ1) is 18.5. The molecule has 0 bridgehead atoms. The average Bonchev–Trinajstić information content (AvgIpc) is 2.27. The average molecular weight is 311 g/mol. The Balaban J connectivity index is 2.73. The fourth-order valence-corrected chi connectivity index (χ4v) is 2.60. The molecule has 0 spiro atoms. The Labute approximate surface area is 133 Å². The summed E-state index contributed by atoms with van der Waals surface area (Å²) >= 11 is 0. The molecule has 1 rings (SSSR count). The highest BCUT2D eigenvalue weighted by Crippen LogP contribution is 2.33. The van der Waals surface area contributed by atoms with E-state index in [1.807, 2.05) is 41.5 Å². The molecule has 0 saturated carbocycles. The van der Waals surface area contributed by atoms with Gasteiger partial charge >= 0.3 is 12.1 Å². The first-order valence-electron chi connectivity index (χ1n) is 7.76. The van der Waals surface area contributed by atoms with Crippen molar-refractivity contribution >= 4 is 12.1 Å². The second kappa shape index (κ2) is 6.71. The number of esters is 1. The molecule has 0 unspecified atom stereocenters. The maximum Gasteiger partial charge on any atom is 0.408 e. The zero-order chi connectivity index (χ0) is 17.1. The van der Waals surface area contributed by atoms with E-state index < -0.39 is 17.2 Å². The van der Waals surface area contributed by atoms with Gasteiger partial charge in [0.05, 0.1) is 0 Å². The number of allylic oxidation sites excluding steroid dienone is 1. The lowest BCUT2D eigenvalue weighted by atomic mass is 9.76. The SMILES string of the molecule is CC(=O)O[C@@H]1C[C@@H](C(C)(C)NC(=O)OC(C)(C)C)CC=C1C. The van der Waals surface area contributed by atoms with Gasteiger partial charge in [-0.1, -0.05) is 6.08 Å². The van der Waals surface area contributed by atoms with Gasteiger partial charge in [0, 0.05) is 12.5 Å². The van der Waals surface area contributed by atoms with Gasteiger partial charge in [0.1, 0.15) is 11.7 Å². The summed E-state index contributed by atoms with van der Waals surface area (Å²) in [4.78, 5) is 23.2. The van der Waals surface area contributed by atoms with E-state index in [9.17, 15) is 9.59 Å². The summed E-state index contributed by atoms with van der Waals surface area (Å²) in [6.45, 7) is 12.8. The van der Waals surface area contributed by atoms with E-state index in [4.69, 9.17) is 9.47 Å². The fourth-order valence-electron chi connectivity index (χ4n) is 2.60. The normalized spacial score (nSPS) is 22.6. The molecule has 5 heteroatoms. The molecule has 1 amide bonds. The molecule has 1 N–H and O–H groups in total. The third-order valence-electron chi connectivity index (χ3n) is 3.88. The first-order chi connectivity index (χ1) is 9.90. The molecule has 0 aromatic rings. The summed E-state index contributed by atoms with van der Waals surface area (Å²) in [6, 6.07) is 0. The number of amides is 1. The molecule has 0 radical (unpaired) electrons. The molecule has 1 aliphatic carbocycles. The summed E-state index contributed by atoms with van der Waals surface area (Å²) in [6.07, 6.45) is 2.99. The molecule has 0 aliphatic heterocycles. The lowest BCUT2D eigenvalue weighted by molar-refractivity contribution is -0.145. The third kappa shape index (κ3) is 5.70. The van der Waals surface area contributed by atoms with Crippen LogP contribution in [0.2, 0.25) is 0 Å². The molecular weight excluding hydrogens is 282 g/mol. The zero-order valence-corrected chi connectivity index (χ0v) is 14.8. The number of carbonyl (C=O) groups excluding carboxylic acids is 2. The number of hydrogen-bond acceptors (Lipinski definition) is 4. The summed E-state index contributed by atoms with van der Waals surface area (Å²) in [5.41, 5.74) is 0.0982. The molecule has 0 aromatic heterocycles. The minimum Gasteiger partial charge on any atom is -0.458 e. The standard InChI is InChI=1S/C17H29NO4/c1-11-8-9-13(10-14(11)21-12(2)19)17(6,7)18-15(20)22-16(3,4)5/h8,13-14H,9-10H2,1-7H3,(H,18,20)/t13-,14+/m0/s1. The maximum atomic E-state index is 12.0. The van der Waals surface area contributed by atoms with Gasteiger partial charge < -0.3 is 14.8 Å². The molecule has 0 aromatic carbocycles. The van der Waals surface area contributed by atoms with Gasteiger partial charge in [-0.2, -0.15) is 0 Å². The number of ether oxygens (including phenoxy) is 2. The van der Waals surface area contributed by atoms with Crippen LogP contribution in [0, 0.1) is 5.92 Å². The predicted molar refractivity (Wildman–Crippen MR) is 85.5 cm³/mol. The van der Waals surface area contributed by atoms with Crippen LogP contribution in [0.3, 0.4) is 0 Å². The van der Waals surface area contributed by atoms with Crippen LogP contribution < -0.4 is 5.32 Å². The largest absolute Gasteiger partial charge is 0.458 e. The lowest BCUT2D eigenvalue weighted by Gasteiger charge is -2.39. The Morgan fingerprint density at radius 3 is 2.32 bits per heavy atom. The molecule has 1 aliphatic rings. The summed E-state index contributed by atoms with van der Waals surface area (Å²) in [5.74, 6) is -0.107. The van der Waals surface area contributed by atoms with Crippen molar-refractivity contribution < 1.29 is 19.1 Å². The highest BCUT2D eigenvalue weighted by Gasteiger charge is 2.36. The minimum atomic E-state index is -0.524. The molecule has 2 atom stereocenters. The Morgan fingerprint density at radius 1 is 1.23 bits per heavy atom. The van der Waals surface area contributed by atoms with Gasteiger partial charge in [0.25, 0.3) is 0 Å². The van der Waals surface area contributed by atoms with Crippen molar-refractivity contribution in [2.45, 2.75) is 78.6 Å². The van der Waals surface area contributed by atoms with Crippen LogP contribution >= 0.6 is 0 Å². The Kier molecular flexibility index (Phi) is 5.65. The lowest BCUT2D eigenvalue weighted by Crippen LogP contribution is -2.52. The Morgan fingerprint density at radius 2 is 1.82 bits per heavy atom. The quantitative estimate of drug-likeness (QED) is 0.639. The first-order valence-corrected chi connectivity index (χ1v) is 7.76. The molecule has 126 valence electrons. The van der Waals surface area contributed by atoms with Crippen LogP contribution in [0.5, 0.6) is 0 Å². The van der Waals surface area contributed by atoms with Crippen molar-refractivity contribution in [2.75, 3.05) is 0 Å². The highest BCUT2D eigenvalue weighted by atomic mass is 16.6. The van der Waals surface area contributed by atoms with E-state index in [1.165, 1.54) is 6.92 Å². The van der Waals surface area contributed by atoms with Crippen LogP contribution in [0.25, 0.3) is 0 Å². The van der Waals surface area contributed by atoms with Gasteiger partial charge in [0.15, 0.2) is 0 Å². The Bertz CT molecular complexity index is 460. The molecular formula is C17H29NO4. The van der Waals surface area contributed by atoms with Crippen LogP contribution in [-0.2, 0) is 14.3 Å². The number of carbonyl (C=O) groups is 2. The van der Waals surface area contributed by atoms with E-state index in [0.717, 1.165) is 12.0 Å². The van der Waals surface area contributed by atoms with Gasteiger partial charge in [0.2, 0.25) is 0 Å². The van der Waals surface area contributed by atoms with Crippen LogP contribution in [0.15, 0.2) is 11.6 Å². The van der Waals surface area contributed by atoms with E-state index in [-0.39, 0.29) is 18.0 Å². The predicted octanol–water partition coefficient (Wildman–Crippen LogP) is 3.58. The second-order valence-electron chi connectivity index (χ2n) is 7.56. The number of alkyl carbamates (subject to hydrolysis) is 1. The smallest absolute Gasteiger partial charge is 0.408 e. The summed E-state index contributed by atoms with van der Waals surface area (Å²) in [5, 5.41) is 2.94. The molecule has 0 heterocycles. The zero-order valence-electron chi connectivity index (χ0n) is 14.8. The number of rotatable bonds is 3. The fraction of sp³-hybridized carbons (Fsp3) is 0.765. The maximum absolute atomic E-state index is 12.0. The van der Waals surface area contributed by atoms with Gasteiger partial charge in [-0.3, -0.25) is 4.79 Å². The van der Waals surface area contributed by atoms with E-state index in [1.54, 1.807) is 0 Å². The monoisotopic (exact) mass is 311 g/mol. The van der Waals surface area contributed by atoms with Crippen molar-refractivity contribution in [1.82, 2.24) is 5.32 Å². The number of hydrogen-bond donors (Lipinski definition) is 1. The Hall–Kier alpha value is -1.52. The van der Waals surface area contributed by atoms with Crippen molar-refractivity contribution in [3.63, 3.8) is 0 Å². The topological polar surface area (TPSA) is 64.6 Å². The summed E-state index contributed by atoms with van der Waals surface area (Å²) in [7, 11) is 0. The minimum absolute atomic E-state index is 0.174. The van der Waals surface area contributed by atoms with Gasteiger partial charge in [-0.15, -0.1) is 0 Å². The van der Waals surface area contributed by atoms with Crippen LogP contribution in [0.1, 0.15) is 61.3 Å². The van der Waals surface area contributed by atoms with E-state index in [0.29, 0.717) is 6.42 Å². The van der Waals surface area contributed by atoms with Crippen molar-refractivity contribution in [3.05, 3.63) is 11.6 Å². The van der Waals surface area contributed by atoms with E-state index >= 15 is 0 Å².